The molecular formula is C55H93N3O16. The standard InChI is InChI=1S/C55H93N3O16/c1-2-3-4-5-6-7-8-9-10-11-12-13-14-17-25-64-27-29-66-31-33-68-35-37-70-39-41-72-43-45-74-46-44-73-42-40-71-38-36-69-34-32-67-30-28-65-26-18-15-16-22-50(59)56-48-21-19-20-47-52(48)55(63)58(54(47)62)49-23-24-51(60)57-53(49)61/h19-21,49H,2-18,22-46H2,1H3,(H,56,59)(H,57,60,61). The van der Waals surface area contributed by atoms with Crippen LogP contribution < -0.4 is 10.6 Å². The fourth-order valence-electron chi connectivity index (χ4n) is 8.20. The van der Waals surface area contributed by atoms with Crippen LogP contribution in [-0.2, 0) is 66.5 Å². The Labute approximate surface area is 441 Å². The number of hydrogen-bond acceptors (Lipinski definition) is 16. The molecule has 0 bridgehead atoms. The van der Waals surface area contributed by atoms with Gasteiger partial charge in [-0.05, 0) is 37.8 Å². The molecule has 1 saturated heterocycles. The Hall–Kier alpha value is -3.47. The van der Waals surface area contributed by atoms with Gasteiger partial charge in [-0.1, -0.05) is 103 Å². The van der Waals surface area contributed by atoms with E-state index in [1.165, 1.54) is 89.5 Å². The summed E-state index contributed by atoms with van der Waals surface area (Å²) in [5, 5.41) is 4.92. The lowest BCUT2D eigenvalue weighted by molar-refractivity contribution is -0.136. The Morgan fingerprint density at radius 3 is 1.20 bits per heavy atom. The minimum absolute atomic E-state index is 0.0279. The Kier molecular flexibility index (Phi) is 40.0. The molecule has 0 aliphatic carbocycles. The Bertz CT molecular complexity index is 1620. The summed E-state index contributed by atoms with van der Waals surface area (Å²) in [6.45, 7) is 13.6. The number of hydrogen-bond donors (Lipinski definition) is 2. The van der Waals surface area contributed by atoms with E-state index in [4.69, 9.17) is 52.1 Å². The smallest absolute Gasteiger partial charge is 0.264 e. The number of piperidine rings is 1. The van der Waals surface area contributed by atoms with Gasteiger partial charge in [0.1, 0.15) is 6.04 Å². The Balaban J connectivity index is 0.930. The highest BCUT2D eigenvalue weighted by molar-refractivity contribution is 6.26. The van der Waals surface area contributed by atoms with Crippen LogP contribution in [0.2, 0.25) is 0 Å². The van der Waals surface area contributed by atoms with E-state index < -0.39 is 29.7 Å². The molecule has 2 N–H and O–H groups in total. The average Bonchev–Trinajstić information content (AvgIpc) is 3.65. The molecule has 2 aliphatic heterocycles. The number of unbranched alkanes of at least 4 members (excludes halogenated alkanes) is 15. The minimum atomic E-state index is -1.07. The summed E-state index contributed by atoms with van der Waals surface area (Å²) < 4.78 is 61.2. The van der Waals surface area contributed by atoms with Gasteiger partial charge in [0.05, 0.1) is 149 Å². The molecule has 1 unspecified atom stereocenters. The number of benzene rings is 1. The first-order valence-corrected chi connectivity index (χ1v) is 27.9. The van der Waals surface area contributed by atoms with E-state index in [9.17, 15) is 24.0 Å². The van der Waals surface area contributed by atoms with Gasteiger partial charge in [-0.25, -0.2) is 0 Å². The molecular weight excluding hydrogens is 959 g/mol. The maximum atomic E-state index is 13.2. The largest absolute Gasteiger partial charge is 0.379 e. The van der Waals surface area contributed by atoms with Crippen molar-refractivity contribution in [2.75, 3.05) is 151 Å². The van der Waals surface area contributed by atoms with Crippen molar-refractivity contribution in [3.05, 3.63) is 29.3 Å². The Morgan fingerprint density at radius 2 is 0.824 bits per heavy atom. The first-order chi connectivity index (χ1) is 36.4. The lowest BCUT2D eigenvalue weighted by atomic mass is 10.0. The molecule has 0 saturated carbocycles. The van der Waals surface area contributed by atoms with Crippen LogP contribution in [0.5, 0.6) is 0 Å². The van der Waals surface area contributed by atoms with Crippen molar-refractivity contribution in [1.82, 2.24) is 10.2 Å². The van der Waals surface area contributed by atoms with Crippen LogP contribution >= 0.6 is 0 Å². The molecule has 19 heteroatoms. The maximum absolute atomic E-state index is 13.2. The van der Waals surface area contributed by atoms with Gasteiger partial charge in [0.2, 0.25) is 17.7 Å². The summed E-state index contributed by atoms with van der Waals surface area (Å²) in [5.41, 5.74) is 0.384. The second kappa shape index (κ2) is 45.7. The van der Waals surface area contributed by atoms with Crippen LogP contribution in [0.15, 0.2) is 18.2 Å². The van der Waals surface area contributed by atoms with Gasteiger partial charge in [-0.3, -0.25) is 34.2 Å². The van der Waals surface area contributed by atoms with Crippen molar-refractivity contribution in [2.24, 2.45) is 0 Å². The number of carbonyl (C=O) groups is 5. The third-order valence-corrected chi connectivity index (χ3v) is 12.3. The Morgan fingerprint density at radius 1 is 0.473 bits per heavy atom. The number of anilines is 1. The number of imide groups is 2. The van der Waals surface area contributed by atoms with E-state index in [-0.39, 0.29) is 42.0 Å². The second-order valence-corrected chi connectivity index (χ2v) is 18.4. The van der Waals surface area contributed by atoms with Crippen LogP contribution in [0.3, 0.4) is 0 Å². The molecule has 3 rings (SSSR count). The predicted molar refractivity (Wildman–Crippen MR) is 280 cm³/mol. The third-order valence-electron chi connectivity index (χ3n) is 12.3. The summed E-state index contributed by atoms with van der Waals surface area (Å²) in [5.74, 6) is -2.71. The maximum Gasteiger partial charge on any atom is 0.264 e. The second-order valence-electron chi connectivity index (χ2n) is 18.4. The van der Waals surface area contributed by atoms with Crippen molar-refractivity contribution in [2.45, 2.75) is 141 Å². The van der Waals surface area contributed by atoms with Gasteiger partial charge in [0, 0.05) is 26.1 Å². The SMILES string of the molecule is CCCCCCCCCCCCCCCCOCCOCCOCCOCCOCCOCCOCCOCCOCCOCCOCCCCCC(=O)Nc1cccc2c1C(=O)N(C1CCC(=O)NC1=O)C2=O. The first kappa shape index (κ1) is 64.8. The molecule has 1 aromatic carbocycles. The molecule has 1 fully saturated rings. The van der Waals surface area contributed by atoms with Gasteiger partial charge in [0.15, 0.2) is 0 Å². The van der Waals surface area contributed by atoms with E-state index in [1.54, 1.807) is 12.1 Å². The fraction of sp³-hybridized carbons (Fsp3) is 0.800. The number of nitrogens with zero attached hydrogens (tertiary/aromatic N) is 1. The zero-order chi connectivity index (χ0) is 52.8. The van der Waals surface area contributed by atoms with Gasteiger partial charge >= 0.3 is 0 Å². The van der Waals surface area contributed by atoms with E-state index in [0.717, 1.165) is 30.8 Å². The number of ether oxygens (including phenoxy) is 11. The summed E-state index contributed by atoms with van der Waals surface area (Å²) in [6, 6.07) is 3.54. The third kappa shape index (κ3) is 31.5. The monoisotopic (exact) mass is 1050 g/mol. The van der Waals surface area contributed by atoms with Crippen molar-refractivity contribution >= 4 is 35.2 Å². The van der Waals surface area contributed by atoms with E-state index >= 15 is 0 Å². The predicted octanol–water partition coefficient (Wildman–Crippen LogP) is 7.25. The van der Waals surface area contributed by atoms with Crippen LogP contribution in [0, 0.1) is 0 Å². The molecule has 1 aromatic rings. The topological polar surface area (TPSA) is 214 Å². The molecule has 0 spiro atoms. The number of nitrogens with one attached hydrogen (secondary N) is 2. The summed E-state index contributed by atoms with van der Waals surface area (Å²) >= 11 is 0. The van der Waals surface area contributed by atoms with Crippen LogP contribution in [0.4, 0.5) is 5.69 Å². The van der Waals surface area contributed by atoms with Gasteiger partial charge in [-0.2, -0.15) is 0 Å². The van der Waals surface area contributed by atoms with Crippen LogP contribution in [0.1, 0.15) is 156 Å². The normalized spacial score (nSPS) is 14.6. The molecule has 74 heavy (non-hydrogen) atoms. The molecule has 5 amide bonds. The van der Waals surface area contributed by atoms with Gasteiger partial charge in [-0.15, -0.1) is 0 Å². The zero-order valence-electron chi connectivity index (χ0n) is 45.0. The minimum Gasteiger partial charge on any atom is -0.379 e. The van der Waals surface area contributed by atoms with E-state index in [0.29, 0.717) is 145 Å². The molecule has 0 aromatic heterocycles. The van der Waals surface area contributed by atoms with Crippen molar-refractivity contribution in [1.29, 1.82) is 0 Å². The molecule has 2 aliphatic rings. The summed E-state index contributed by atoms with van der Waals surface area (Å²) in [7, 11) is 0. The van der Waals surface area contributed by atoms with Gasteiger partial charge in [0.25, 0.3) is 11.8 Å². The molecule has 2 heterocycles. The number of fused-ring (bicyclic) bond motifs is 1. The molecule has 0 radical (unpaired) electrons. The average molecular weight is 1050 g/mol. The fourth-order valence-corrected chi connectivity index (χ4v) is 8.20. The number of amides is 5. The lowest BCUT2D eigenvalue weighted by Crippen LogP contribution is -2.54. The molecule has 19 nitrogen and oxygen atoms in total. The van der Waals surface area contributed by atoms with Crippen molar-refractivity contribution in [3.8, 4) is 0 Å². The highest BCUT2D eigenvalue weighted by atomic mass is 16.6. The zero-order valence-corrected chi connectivity index (χ0v) is 45.0. The number of carbonyl (C=O) groups excluding carboxylic acids is 5. The van der Waals surface area contributed by atoms with Gasteiger partial charge < -0.3 is 57.4 Å². The lowest BCUT2D eigenvalue weighted by Gasteiger charge is -2.27. The molecule has 1 atom stereocenters. The van der Waals surface area contributed by atoms with E-state index in [1.807, 2.05) is 0 Å². The van der Waals surface area contributed by atoms with Crippen molar-refractivity contribution in [3.63, 3.8) is 0 Å². The highest BCUT2D eigenvalue weighted by Crippen LogP contribution is 2.32. The van der Waals surface area contributed by atoms with Crippen LogP contribution in [0.25, 0.3) is 0 Å². The highest BCUT2D eigenvalue weighted by Gasteiger charge is 2.45. The summed E-state index contributed by atoms with van der Waals surface area (Å²) in [6.07, 6.45) is 21.6. The number of rotatable bonds is 53. The molecule has 424 valence electrons. The van der Waals surface area contributed by atoms with Crippen LogP contribution in [-0.4, -0.2) is 186 Å². The first-order valence-electron chi connectivity index (χ1n) is 27.9. The van der Waals surface area contributed by atoms with Crippen molar-refractivity contribution < 1.29 is 76.1 Å². The van der Waals surface area contributed by atoms with E-state index in [2.05, 4.69) is 17.6 Å². The summed E-state index contributed by atoms with van der Waals surface area (Å²) in [4.78, 5) is 63.7. The quantitative estimate of drug-likeness (QED) is 0.0486.